The van der Waals surface area contributed by atoms with Crippen LogP contribution in [0.15, 0.2) is 12.1 Å². The number of benzene rings is 1. The summed E-state index contributed by atoms with van der Waals surface area (Å²) >= 11 is 0. The Balaban J connectivity index is 2.39. The van der Waals surface area contributed by atoms with Gasteiger partial charge < -0.3 is 24.8 Å². The topological polar surface area (TPSA) is 74.0 Å². The van der Waals surface area contributed by atoms with Crippen molar-refractivity contribution in [3.8, 4) is 17.2 Å². The van der Waals surface area contributed by atoms with Crippen molar-refractivity contribution in [1.82, 2.24) is 4.90 Å². The molecule has 0 atom stereocenters. The molecule has 1 aromatic rings. The van der Waals surface area contributed by atoms with Crippen molar-refractivity contribution in [1.29, 1.82) is 0 Å². The van der Waals surface area contributed by atoms with Gasteiger partial charge in [0.25, 0.3) is 5.91 Å². The molecule has 0 spiro atoms. The third-order valence-electron chi connectivity index (χ3n) is 3.55. The Bertz CT molecular complexity index is 515. The maximum absolute atomic E-state index is 12.8. The van der Waals surface area contributed by atoms with E-state index < -0.39 is 0 Å². The Labute approximate surface area is 124 Å². The Kier molecular flexibility index (Phi) is 4.90. The lowest BCUT2D eigenvalue weighted by molar-refractivity contribution is 0.0744. The fourth-order valence-corrected chi connectivity index (χ4v) is 2.40. The fraction of sp³-hybridized carbons (Fsp3) is 0.533. The standard InChI is InChI=1S/C15H22N2O4/c1-19-12-7-6-11(13(20-2)14(12)21-3)15(18)17(9-8-16)10-4-5-10/h6-7,10H,4-5,8-9,16H2,1-3H3. The van der Waals surface area contributed by atoms with Gasteiger partial charge in [0.05, 0.1) is 26.9 Å². The lowest BCUT2D eigenvalue weighted by atomic mass is 10.1. The minimum atomic E-state index is -0.0826. The molecule has 6 nitrogen and oxygen atoms in total. The highest BCUT2D eigenvalue weighted by Gasteiger charge is 2.34. The van der Waals surface area contributed by atoms with Crippen molar-refractivity contribution in [3.05, 3.63) is 17.7 Å². The van der Waals surface area contributed by atoms with Crippen molar-refractivity contribution in [2.75, 3.05) is 34.4 Å². The Morgan fingerprint density at radius 1 is 1.19 bits per heavy atom. The van der Waals surface area contributed by atoms with Gasteiger partial charge in [-0.05, 0) is 25.0 Å². The van der Waals surface area contributed by atoms with E-state index in [0.29, 0.717) is 41.9 Å². The van der Waals surface area contributed by atoms with Gasteiger partial charge in [0.15, 0.2) is 11.5 Å². The van der Waals surface area contributed by atoms with E-state index in [1.165, 1.54) is 14.2 Å². The van der Waals surface area contributed by atoms with Crippen LogP contribution in [0.4, 0.5) is 0 Å². The first-order valence-corrected chi connectivity index (χ1v) is 6.97. The van der Waals surface area contributed by atoms with Crippen LogP contribution in [0.1, 0.15) is 23.2 Å². The molecule has 0 radical (unpaired) electrons. The lowest BCUT2D eigenvalue weighted by Crippen LogP contribution is -2.37. The zero-order chi connectivity index (χ0) is 15.4. The number of hydrogen-bond acceptors (Lipinski definition) is 5. The molecule has 2 N–H and O–H groups in total. The van der Waals surface area contributed by atoms with Gasteiger partial charge in [-0.15, -0.1) is 0 Å². The molecule has 21 heavy (non-hydrogen) atoms. The monoisotopic (exact) mass is 294 g/mol. The van der Waals surface area contributed by atoms with E-state index in [2.05, 4.69) is 0 Å². The summed E-state index contributed by atoms with van der Waals surface area (Å²) in [6.07, 6.45) is 2.06. The maximum atomic E-state index is 12.8. The van der Waals surface area contributed by atoms with Crippen LogP contribution in [0.25, 0.3) is 0 Å². The summed E-state index contributed by atoms with van der Waals surface area (Å²) in [6, 6.07) is 3.70. The summed E-state index contributed by atoms with van der Waals surface area (Å²) in [7, 11) is 4.58. The molecule has 1 amide bonds. The van der Waals surface area contributed by atoms with E-state index in [9.17, 15) is 4.79 Å². The molecule has 0 heterocycles. The fourth-order valence-electron chi connectivity index (χ4n) is 2.40. The third kappa shape index (κ3) is 3.05. The Morgan fingerprint density at radius 3 is 2.33 bits per heavy atom. The molecular formula is C15H22N2O4. The van der Waals surface area contributed by atoms with Crippen LogP contribution in [-0.4, -0.2) is 51.3 Å². The molecule has 2 rings (SSSR count). The van der Waals surface area contributed by atoms with Crippen LogP contribution in [0.2, 0.25) is 0 Å². The van der Waals surface area contributed by atoms with Gasteiger partial charge in [-0.2, -0.15) is 0 Å². The largest absolute Gasteiger partial charge is 0.493 e. The van der Waals surface area contributed by atoms with E-state index in [1.54, 1.807) is 19.2 Å². The minimum Gasteiger partial charge on any atom is -0.493 e. The number of rotatable bonds is 7. The highest BCUT2D eigenvalue weighted by atomic mass is 16.5. The number of nitrogens with two attached hydrogens (primary N) is 1. The molecule has 0 saturated heterocycles. The highest BCUT2D eigenvalue weighted by molar-refractivity contribution is 5.98. The van der Waals surface area contributed by atoms with Gasteiger partial charge in [-0.1, -0.05) is 0 Å². The number of nitrogens with zero attached hydrogens (tertiary/aromatic N) is 1. The van der Waals surface area contributed by atoms with Crippen LogP contribution >= 0.6 is 0 Å². The lowest BCUT2D eigenvalue weighted by Gasteiger charge is -2.23. The van der Waals surface area contributed by atoms with Gasteiger partial charge >= 0.3 is 0 Å². The van der Waals surface area contributed by atoms with Gasteiger partial charge in [-0.25, -0.2) is 0 Å². The molecule has 1 saturated carbocycles. The van der Waals surface area contributed by atoms with Crippen LogP contribution in [0.5, 0.6) is 17.2 Å². The number of ether oxygens (including phenoxy) is 3. The average molecular weight is 294 g/mol. The molecular weight excluding hydrogens is 272 g/mol. The summed E-state index contributed by atoms with van der Waals surface area (Å²) in [5.41, 5.74) is 6.08. The first kappa shape index (κ1) is 15.4. The second-order valence-corrected chi connectivity index (χ2v) is 4.90. The molecule has 1 aliphatic carbocycles. The number of hydrogen-bond donors (Lipinski definition) is 1. The van der Waals surface area contributed by atoms with E-state index >= 15 is 0 Å². The smallest absolute Gasteiger partial charge is 0.258 e. The van der Waals surface area contributed by atoms with Crippen LogP contribution in [0.3, 0.4) is 0 Å². The minimum absolute atomic E-state index is 0.0826. The molecule has 0 bridgehead atoms. The Hall–Kier alpha value is -1.95. The Morgan fingerprint density at radius 2 is 1.86 bits per heavy atom. The summed E-state index contributed by atoms with van der Waals surface area (Å²) in [5.74, 6) is 1.27. The normalized spacial score (nSPS) is 13.7. The molecule has 1 aromatic carbocycles. The van der Waals surface area contributed by atoms with Crippen molar-refractivity contribution >= 4 is 5.91 Å². The summed E-state index contributed by atoms with van der Waals surface area (Å²) < 4.78 is 15.9. The number of carbonyl (C=O) groups excluding carboxylic acids is 1. The maximum Gasteiger partial charge on any atom is 0.258 e. The van der Waals surface area contributed by atoms with E-state index in [1.807, 2.05) is 4.90 Å². The summed E-state index contributed by atoms with van der Waals surface area (Å²) in [4.78, 5) is 14.6. The highest BCUT2D eigenvalue weighted by Crippen LogP contribution is 2.41. The van der Waals surface area contributed by atoms with Gasteiger partial charge in [0.1, 0.15) is 0 Å². The average Bonchev–Trinajstić information content (AvgIpc) is 3.34. The summed E-state index contributed by atoms with van der Waals surface area (Å²) in [6.45, 7) is 0.985. The van der Waals surface area contributed by atoms with Crippen molar-refractivity contribution < 1.29 is 19.0 Å². The van der Waals surface area contributed by atoms with E-state index in [0.717, 1.165) is 12.8 Å². The number of carbonyl (C=O) groups is 1. The second-order valence-electron chi connectivity index (χ2n) is 4.90. The zero-order valence-corrected chi connectivity index (χ0v) is 12.7. The molecule has 6 heteroatoms. The zero-order valence-electron chi connectivity index (χ0n) is 12.7. The van der Waals surface area contributed by atoms with E-state index in [-0.39, 0.29) is 5.91 Å². The van der Waals surface area contributed by atoms with Gasteiger partial charge in [0.2, 0.25) is 5.75 Å². The molecule has 0 aromatic heterocycles. The van der Waals surface area contributed by atoms with Crippen LogP contribution in [-0.2, 0) is 0 Å². The molecule has 0 aliphatic heterocycles. The predicted octanol–water partition coefficient (Wildman–Crippen LogP) is 1.28. The SMILES string of the molecule is COc1ccc(C(=O)N(CCN)C2CC2)c(OC)c1OC. The third-order valence-corrected chi connectivity index (χ3v) is 3.55. The molecule has 0 unspecified atom stereocenters. The molecule has 1 fully saturated rings. The quantitative estimate of drug-likeness (QED) is 0.820. The molecule has 1 aliphatic rings. The van der Waals surface area contributed by atoms with Crippen molar-refractivity contribution in [3.63, 3.8) is 0 Å². The number of methoxy groups -OCH3 is 3. The van der Waals surface area contributed by atoms with Crippen LogP contribution < -0.4 is 19.9 Å². The molecule has 116 valence electrons. The van der Waals surface area contributed by atoms with Crippen molar-refractivity contribution in [2.24, 2.45) is 5.73 Å². The van der Waals surface area contributed by atoms with Gasteiger partial charge in [0, 0.05) is 19.1 Å². The van der Waals surface area contributed by atoms with Crippen molar-refractivity contribution in [2.45, 2.75) is 18.9 Å². The first-order chi connectivity index (χ1) is 10.2. The first-order valence-electron chi connectivity index (χ1n) is 6.97. The predicted molar refractivity (Wildman–Crippen MR) is 79.2 cm³/mol. The second kappa shape index (κ2) is 6.67. The van der Waals surface area contributed by atoms with Crippen LogP contribution in [0, 0.1) is 0 Å². The summed E-state index contributed by atoms with van der Waals surface area (Å²) in [5, 5.41) is 0. The van der Waals surface area contributed by atoms with E-state index in [4.69, 9.17) is 19.9 Å². The number of amides is 1. The van der Waals surface area contributed by atoms with Gasteiger partial charge in [-0.3, -0.25) is 4.79 Å².